The Labute approximate surface area is 197 Å². The summed E-state index contributed by atoms with van der Waals surface area (Å²) >= 11 is 7.64. The molecule has 3 aromatic rings. The quantitative estimate of drug-likeness (QED) is 0.430. The summed E-state index contributed by atoms with van der Waals surface area (Å²) in [6.07, 6.45) is 0.108. The van der Waals surface area contributed by atoms with Crippen molar-refractivity contribution in [2.75, 3.05) is 16.8 Å². The Kier molecular flexibility index (Phi) is 5.55. The van der Waals surface area contributed by atoms with Crippen LogP contribution < -0.4 is 10.2 Å². The number of rotatable bonds is 5. The number of thioether (sulfide) groups is 1. The number of anilines is 2. The summed E-state index contributed by atoms with van der Waals surface area (Å²) in [6, 6.07) is 12.9. The largest absolute Gasteiger partial charge is 0.312 e. The fourth-order valence-electron chi connectivity index (χ4n) is 4.02. The molecule has 0 bridgehead atoms. The van der Waals surface area contributed by atoms with Gasteiger partial charge in [0.25, 0.3) is 5.69 Å². The summed E-state index contributed by atoms with van der Waals surface area (Å²) in [4.78, 5) is 37.9. The predicted molar refractivity (Wildman–Crippen MR) is 126 cm³/mol. The highest BCUT2D eigenvalue weighted by atomic mass is 35.5. The zero-order chi connectivity index (χ0) is 23.1. The van der Waals surface area contributed by atoms with E-state index in [1.807, 2.05) is 0 Å². The topological polar surface area (TPSA) is 110 Å². The first-order valence-corrected chi connectivity index (χ1v) is 11.7. The number of fused-ring (bicyclic) bond motifs is 1. The zero-order valence-corrected chi connectivity index (χ0v) is 18.8. The molecule has 2 aliphatic heterocycles. The molecule has 1 saturated heterocycles. The summed E-state index contributed by atoms with van der Waals surface area (Å²) in [5.74, 6) is 1.08. The van der Waals surface area contributed by atoms with Crippen molar-refractivity contribution in [3.8, 4) is 5.69 Å². The number of amides is 2. The van der Waals surface area contributed by atoms with Crippen LogP contribution in [-0.2, 0) is 21.1 Å². The summed E-state index contributed by atoms with van der Waals surface area (Å²) < 4.78 is 1.61. The fraction of sp³-hybridized carbons (Fsp3) is 0.227. The molecule has 0 saturated carbocycles. The number of nitrogens with one attached hydrogen (secondary N) is 1. The molecule has 2 amide bonds. The summed E-state index contributed by atoms with van der Waals surface area (Å²) in [5, 5.41) is 19.2. The minimum atomic E-state index is -0.516. The van der Waals surface area contributed by atoms with Crippen LogP contribution in [0.4, 0.5) is 17.2 Å². The van der Waals surface area contributed by atoms with E-state index >= 15 is 0 Å². The van der Waals surface area contributed by atoms with Gasteiger partial charge in [-0.3, -0.25) is 19.7 Å². The molecule has 11 heteroatoms. The van der Waals surface area contributed by atoms with Crippen LogP contribution in [-0.4, -0.2) is 33.1 Å². The van der Waals surface area contributed by atoms with Gasteiger partial charge in [0.1, 0.15) is 5.82 Å². The van der Waals surface area contributed by atoms with Crippen LogP contribution in [0.25, 0.3) is 5.69 Å². The number of nitro benzene ring substituents is 1. The van der Waals surface area contributed by atoms with Crippen molar-refractivity contribution >= 4 is 52.4 Å². The number of hydrogen-bond donors (Lipinski definition) is 1. The number of aromatic nitrogens is 2. The molecular formula is C22H18ClN5O4S. The van der Waals surface area contributed by atoms with Crippen LogP contribution in [0, 0.1) is 16.0 Å². The molecule has 168 valence electrons. The fourth-order valence-corrected chi connectivity index (χ4v) is 5.18. The SMILES string of the molecule is O=C(Nc1c2c(nn1-c1ccc([N+](=O)[O-])cc1)CSC2)C1CC(=O)N(c2ccc(Cl)cc2)C1. The second-order valence-electron chi connectivity index (χ2n) is 7.82. The summed E-state index contributed by atoms with van der Waals surface area (Å²) in [7, 11) is 0. The molecule has 33 heavy (non-hydrogen) atoms. The van der Waals surface area contributed by atoms with Gasteiger partial charge in [-0.15, -0.1) is 0 Å². The van der Waals surface area contributed by atoms with E-state index in [4.69, 9.17) is 11.6 Å². The standard InChI is InChI=1S/C22H18ClN5O4S/c23-14-1-3-15(4-2-14)26-10-13(9-20(26)29)22(30)24-21-18-11-33-12-19(18)25-27(21)16-5-7-17(8-6-16)28(31)32/h1-8,13H,9-12H2,(H,24,30). The molecule has 3 heterocycles. The van der Waals surface area contributed by atoms with Crippen LogP contribution in [0.1, 0.15) is 17.7 Å². The van der Waals surface area contributed by atoms with Crippen LogP contribution in [0.5, 0.6) is 0 Å². The molecule has 0 radical (unpaired) electrons. The van der Waals surface area contributed by atoms with Crippen LogP contribution in [0.3, 0.4) is 0 Å². The highest BCUT2D eigenvalue weighted by Gasteiger charge is 2.36. The first-order valence-electron chi connectivity index (χ1n) is 10.2. The third-order valence-electron chi connectivity index (χ3n) is 5.73. The van der Waals surface area contributed by atoms with E-state index < -0.39 is 10.8 Å². The van der Waals surface area contributed by atoms with Crippen LogP contribution in [0.15, 0.2) is 48.5 Å². The molecule has 2 aromatic carbocycles. The Balaban J connectivity index is 1.39. The van der Waals surface area contributed by atoms with E-state index in [1.54, 1.807) is 57.7 Å². The third-order valence-corrected chi connectivity index (χ3v) is 6.96. The van der Waals surface area contributed by atoms with Crippen LogP contribution >= 0.6 is 23.4 Å². The lowest BCUT2D eigenvalue weighted by Crippen LogP contribution is -2.28. The lowest BCUT2D eigenvalue weighted by molar-refractivity contribution is -0.384. The molecule has 9 nitrogen and oxygen atoms in total. The Morgan fingerprint density at radius 2 is 1.82 bits per heavy atom. The average molecular weight is 484 g/mol. The Bertz CT molecular complexity index is 1260. The lowest BCUT2D eigenvalue weighted by atomic mass is 10.1. The van der Waals surface area contributed by atoms with Gasteiger partial charge in [-0.2, -0.15) is 16.9 Å². The van der Waals surface area contributed by atoms with Crippen LogP contribution in [0.2, 0.25) is 5.02 Å². The van der Waals surface area contributed by atoms with Gasteiger partial charge >= 0.3 is 0 Å². The van der Waals surface area contributed by atoms with Crippen molar-refractivity contribution < 1.29 is 14.5 Å². The molecule has 5 rings (SSSR count). The van der Waals surface area contributed by atoms with E-state index in [0.717, 1.165) is 17.0 Å². The molecule has 1 atom stereocenters. The van der Waals surface area contributed by atoms with E-state index in [0.29, 0.717) is 28.0 Å². The molecule has 1 fully saturated rings. The highest BCUT2D eigenvalue weighted by molar-refractivity contribution is 7.98. The molecule has 2 aliphatic rings. The summed E-state index contributed by atoms with van der Waals surface area (Å²) in [5.41, 5.74) is 3.10. The van der Waals surface area contributed by atoms with Crippen molar-refractivity contribution in [2.45, 2.75) is 17.9 Å². The number of benzene rings is 2. The van der Waals surface area contributed by atoms with Crippen molar-refractivity contribution in [1.82, 2.24) is 9.78 Å². The number of non-ortho nitro benzene ring substituents is 1. The van der Waals surface area contributed by atoms with E-state index in [2.05, 4.69) is 10.4 Å². The molecular weight excluding hydrogens is 466 g/mol. The molecule has 1 unspecified atom stereocenters. The second-order valence-corrected chi connectivity index (χ2v) is 9.25. The Morgan fingerprint density at radius 1 is 1.12 bits per heavy atom. The minimum Gasteiger partial charge on any atom is -0.312 e. The van der Waals surface area contributed by atoms with Gasteiger partial charge < -0.3 is 10.2 Å². The van der Waals surface area contributed by atoms with Crippen molar-refractivity contribution in [3.05, 3.63) is 74.9 Å². The number of carbonyl (C=O) groups excluding carboxylic acids is 2. The van der Waals surface area contributed by atoms with Gasteiger partial charge in [-0.05, 0) is 36.4 Å². The van der Waals surface area contributed by atoms with Gasteiger partial charge in [0.2, 0.25) is 11.8 Å². The minimum absolute atomic E-state index is 0.0219. The van der Waals surface area contributed by atoms with Crippen molar-refractivity contribution in [1.29, 1.82) is 0 Å². The maximum absolute atomic E-state index is 13.2. The maximum atomic E-state index is 13.2. The van der Waals surface area contributed by atoms with E-state index in [-0.39, 0.29) is 30.5 Å². The lowest BCUT2D eigenvalue weighted by Gasteiger charge is -2.17. The average Bonchev–Trinajstić information content (AvgIpc) is 3.50. The van der Waals surface area contributed by atoms with E-state index in [9.17, 15) is 19.7 Å². The normalized spacial score (nSPS) is 17.3. The first-order chi connectivity index (χ1) is 15.9. The van der Waals surface area contributed by atoms with Gasteiger partial charge in [0.15, 0.2) is 0 Å². The third kappa shape index (κ3) is 4.07. The van der Waals surface area contributed by atoms with Crippen molar-refractivity contribution in [3.63, 3.8) is 0 Å². The number of hydrogen-bond acceptors (Lipinski definition) is 6. The van der Waals surface area contributed by atoms with Gasteiger partial charge in [0, 0.05) is 52.9 Å². The van der Waals surface area contributed by atoms with E-state index in [1.165, 1.54) is 12.1 Å². The number of nitrogens with zero attached hydrogens (tertiary/aromatic N) is 4. The molecule has 0 spiro atoms. The monoisotopic (exact) mass is 483 g/mol. The number of carbonyl (C=O) groups is 2. The smallest absolute Gasteiger partial charge is 0.269 e. The molecule has 1 aromatic heterocycles. The van der Waals surface area contributed by atoms with Gasteiger partial charge in [0.05, 0.1) is 22.2 Å². The zero-order valence-electron chi connectivity index (χ0n) is 17.2. The van der Waals surface area contributed by atoms with Gasteiger partial charge in [-0.1, -0.05) is 11.6 Å². The molecule has 1 N–H and O–H groups in total. The highest BCUT2D eigenvalue weighted by Crippen LogP contribution is 2.37. The second kappa shape index (κ2) is 8.53. The number of halogens is 1. The molecule has 0 aliphatic carbocycles. The Hall–Kier alpha value is -3.37. The predicted octanol–water partition coefficient (Wildman–Crippen LogP) is 4.17. The Morgan fingerprint density at radius 3 is 2.52 bits per heavy atom. The number of nitro groups is 1. The maximum Gasteiger partial charge on any atom is 0.269 e. The van der Waals surface area contributed by atoms with Gasteiger partial charge in [-0.25, -0.2) is 4.68 Å². The first kappa shape index (κ1) is 21.5. The summed E-state index contributed by atoms with van der Waals surface area (Å²) in [6.45, 7) is 0.273. The van der Waals surface area contributed by atoms with Crippen molar-refractivity contribution in [2.24, 2.45) is 5.92 Å².